The van der Waals surface area contributed by atoms with Gasteiger partial charge in [0.1, 0.15) is 5.75 Å². The monoisotopic (exact) mass is 350 g/mol. The van der Waals surface area contributed by atoms with Crippen LogP contribution in [0, 0.1) is 6.92 Å². The van der Waals surface area contributed by atoms with Crippen LogP contribution in [0.3, 0.4) is 0 Å². The first-order valence-electron chi connectivity index (χ1n) is 7.23. The van der Waals surface area contributed by atoms with Crippen molar-refractivity contribution in [2.45, 2.75) is 38.8 Å². The number of benzene rings is 1. The average Bonchev–Trinajstić information content (AvgIpc) is 3.03. The molecule has 3 rings (SSSR count). The van der Waals surface area contributed by atoms with Crippen LogP contribution in [0.4, 0.5) is 0 Å². The number of hydrogen-bond donors (Lipinski definition) is 1. The number of nitrogens with zero attached hydrogens (tertiary/aromatic N) is 2. The van der Waals surface area contributed by atoms with Crippen molar-refractivity contribution in [3.05, 3.63) is 45.7 Å². The number of fused-ring (bicyclic) bond motifs is 1. The molecule has 0 bridgehead atoms. The molecule has 2 heterocycles. The van der Waals surface area contributed by atoms with Gasteiger partial charge in [0.25, 0.3) is 0 Å². The minimum Gasteiger partial charge on any atom is -0.493 e. The van der Waals surface area contributed by atoms with Crippen molar-refractivity contribution in [2.24, 2.45) is 0 Å². The second kappa shape index (κ2) is 5.81. The van der Waals surface area contributed by atoms with Crippen LogP contribution in [-0.4, -0.2) is 27.6 Å². The quantitative estimate of drug-likeness (QED) is 0.921. The second-order valence-electron chi connectivity index (χ2n) is 5.39. The summed E-state index contributed by atoms with van der Waals surface area (Å²) in [5, 5.41) is 15.1. The molecule has 4 nitrogen and oxygen atoms in total. The Labute approximate surface area is 132 Å². The van der Waals surface area contributed by atoms with E-state index in [1.54, 1.807) is 0 Å². The highest BCUT2D eigenvalue weighted by Gasteiger charge is 2.31. The number of para-hydroxylation sites is 1. The smallest absolute Gasteiger partial charge is 0.123 e. The summed E-state index contributed by atoms with van der Waals surface area (Å²) < 4.78 is 8.61. The van der Waals surface area contributed by atoms with Gasteiger partial charge in [-0.15, -0.1) is 0 Å². The van der Waals surface area contributed by atoms with Crippen LogP contribution in [0.25, 0.3) is 0 Å². The van der Waals surface area contributed by atoms with Gasteiger partial charge in [-0.1, -0.05) is 18.2 Å². The van der Waals surface area contributed by atoms with Crippen molar-refractivity contribution in [2.75, 3.05) is 6.61 Å². The van der Waals surface area contributed by atoms with E-state index in [9.17, 15) is 5.11 Å². The molecule has 1 aliphatic rings. The number of aliphatic hydroxyl groups excluding tert-OH is 1. The van der Waals surface area contributed by atoms with E-state index < -0.39 is 6.10 Å². The Morgan fingerprint density at radius 1 is 1.48 bits per heavy atom. The normalized spacial score (nSPS) is 18.4. The zero-order chi connectivity index (χ0) is 15.0. The molecular weight excluding hydrogens is 332 g/mol. The van der Waals surface area contributed by atoms with E-state index in [0.29, 0.717) is 13.0 Å². The first-order chi connectivity index (χ1) is 10.1. The summed E-state index contributed by atoms with van der Waals surface area (Å²) in [6.07, 6.45) is 0.0869. The van der Waals surface area contributed by atoms with Crippen molar-refractivity contribution >= 4 is 15.9 Å². The summed E-state index contributed by atoms with van der Waals surface area (Å²) in [4.78, 5) is 0. The Morgan fingerprint density at radius 3 is 3.00 bits per heavy atom. The van der Waals surface area contributed by atoms with E-state index >= 15 is 0 Å². The summed E-state index contributed by atoms with van der Waals surface area (Å²) in [6.45, 7) is 5.37. The van der Waals surface area contributed by atoms with Gasteiger partial charge in [0.05, 0.1) is 28.6 Å². The largest absolute Gasteiger partial charge is 0.493 e. The molecular formula is C16H19BrN2O2. The van der Waals surface area contributed by atoms with Gasteiger partial charge in [0.15, 0.2) is 0 Å². The Kier molecular flexibility index (Phi) is 4.04. The van der Waals surface area contributed by atoms with Gasteiger partial charge >= 0.3 is 0 Å². The number of aryl methyl sites for hydroxylation is 2. The molecule has 112 valence electrons. The molecule has 1 N–H and O–H groups in total. The highest BCUT2D eigenvalue weighted by molar-refractivity contribution is 9.10. The number of aromatic nitrogens is 2. The fourth-order valence-electron chi connectivity index (χ4n) is 2.91. The maximum Gasteiger partial charge on any atom is 0.123 e. The Morgan fingerprint density at radius 2 is 2.24 bits per heavy atom. The van der Waals surface area contributed by atoms with Crippen LogP contribution in [-0.2, 0) is 13.0 Å². The molecule has 0 aliphatic carbocycles. The Hall–Kier alpha value is -1.33. The number of ether oxygens (including phenoxy) is 1. The minimum absolute atomic E-state index is 0.0219. The molecule has 5 heteroatoms. The van der Waals surface area contributed by atoms with Crippen molar-refractivity contribution in [3.63, 3.8) is 0 Å². The summed E-state index contributed by atoms with van der Waals surface area (Å²) >= 11 is 3.58. The Bertz CT molecular complexity index is 654. The summed E-state index contributed by atoms with van der Waals surface area (Å²) in [5.41, 5.74) is 3.11. The number of rotatable bonds is 4. The van der Waals surface area contributed by atoms with Crippen molar-refractivity contribution in [1.82, 2.24) is 9.78 Å². The van der Waals surface area contributed by atoms with Crippen molar-refractivity contribution in [1.29, 1.82) is 0 Å². The molecule has 0 spiro atoms. The first-order valence-corrected chi connectivity index (χ1v) is 8.02. The third-order valence-electron chi connectivity index (χ3n) is 4.06. The van der Waals surface area contributed by atoms with E-state index in [1.165, 1.54) is 0 Å². The van der Waals surface area contributed by atoms with E-state index in [-0.39, 0.29) is 5.92 Å². The van der Waals surface area contributed by atoms with E-state index in [2.05, 4.69) is 28.0 Å². The summed E-state index contributed by atoms with van der Waals surface area (Å²) in [5.74, 6) is 0.911. The van der Waals surface area contributed by atoms with Gasteiger partial charge < -0.3 is 9.84 Å². The lowest BCUT2D eigenvalue weighted by Gasteiger charge is -2.18. The van der Waals surface area contributed by atoms with Crippen LogP contribution in [0.1, 0.15) is 29.8 Å². The number of hydrogen-bond acceptors (Lipinski definition) is 3. The van der Waals surface area contributed by atoms with Crippen LogP contribution < -0.4 is 4.74 Å². The highest BCUT2D eigenvalue weighted by Crippen LogP contribution is 2.37. The highest BCUT2D eigenvalue weighted by atomic mass is 79.9. The summed E-state index contributed by atoms with van der Waals surface area (Å²) in [7, 11) is 0. The third kappa shape index (κ3) is 2.60. The maximum atomic E-state index is 10.7. The molecule has 2 atom stereocenters. The van der Waals surface area contributed by atoms with Crippen LogP contribution in [0.5, 0.6) is 5.75 Å². The molecule has 0 fully saturated rings. The fraction of sp³-hybridized carbons (Fsp3) is 0.438. The molecule has 1 aromatic carbocycles. The van der Waals surface area contributed by atoms with Gasteiger partial charge in [-0.05, 0) is 35.8 Å². The fourth-order valence-corrected chi connectivity index (χ4v) is 3.36. The maximum absolute atomic E-state index is 10.7. The van der Waals surface area contributed by atoms with Gasteiger partial charge in [-0.2, -0.15) is 5.10 Å². The molecule has 1 aromatic heterocycles. The predicted octanol–water partition coefficient (Wildman–Crippen LogP) is 3.05. The predicted molar refractivity (Wildman–Crippen MR) is 84.7 cm³/mol. The molecule has 0 amide bonds. The Balaban J connectivity index is 1.83. The third-order valence-corrected chi connectivity index (χ3v) is 5.09. The molecule has 2 aromatic rings. The first kappa shape index (κ1) is 14.6. The molecule has 0 saturated carbocycles. The van der Waals surface area contributed by atoms with Crippen LogP contribution >= 0.6 is 15.9 Å². The SMILES string of the molecule is CCn1nc(C)c(Br)c1CC(O)C1COc2ccccc21. The minimum atomic E-state index is -0.480. The number of aliphatic hydroxyl groups is 1. The molecule has 1 aliphatic heterocycles. The van der Waals surface area contributed by atoms with Gasteiger partial charge in [0, 0.05) is 24.4 Å². The lowest BCUT2D eigenvalue weighted by molar-refractivity contribution is 0.126. The molecule has 0 radical (unpaired) electrons. The van der Waals surface area contributed by atoms with E-state index in [1.807, 2.05) is 35.9 Å². The van der Waals surface area contributed by atoms with Crippen molar-refractivity contribution < 1.29 is 9.84 Å². The van der Waals surface area contributed by atoms with Gasteiger partial charge in [-0.25, -0.2) is 0 Å². The molecule has 2 unspecified atom stereocenters. The van der Waals surface area contributed by atoms with Gasteiger partial charge in [-0.3, -0.25) is 4.68 Å². The second-order valence-corrected chi connectivity index (χ2v) is 6.18. The van der Waals surface area contributed by atoms with Crippen molar-refractivity contribution in [3.8, 4) is 5.75 Å². The van der Waals surface area contributed by atoms with E-state index in [0.717, 1.165) is 33.7 Å². The van der Waals surface area contributed by atoms with Crippen LogP contribution in [0.2, 0.25) is 0 Å². The van der Waals surface area contributed by atoms with Gasteiger partial charge in [0.2, 0.25) is 0 Å². The summed E-state index contributed by atoms with van der Waals surface area (Å²) in [6, 6.07) is 7.94. The zero-order valence-electron chi connectivity index (χ0n) is 12.2. The van der Waals surface area contributed by atoms with Crippen LogP contribution in [0.15, 0.2) is 28.7 Å². The zero-order valence-corrected chi connectivity index (χ0v) is 13.8. The average molecular weight is 351 g/mol. The standard InChI is InChI=1S/C16H19BrN2O2/c1-3-19-13(16(17)10(2)18-19)8-14(20)12-9-21-15-7-5-4-6-11(12)15/h4-7,12,14,20H,3,8-9H2,1-2H3. The lowest BCUT2D eigenvalue weighted by Crippen LogP contribution is -2.24. The topological polar surface area (TPSA) is 47.3 Å². The van der Waals surface area contributed by atoms with E-state index in [4.69, 9.17) is 4.74 Å². The lowest BCUT2D eigenvalue weighted by atomic mass is 9.92. The molecule has 21 heavy (non-hydrogen) atoms. The number of halogens is 1. The molecule has 0 saturated heterocycles.